The Hall–Kier alpha value is -2.12. The maximum Gasteiger partial charge on any atom is 0.253 e. The smallest absolute Gasteiger partial charge is 0.253 e. The Balaban J connectivity index is 1.96. The van der Waals surface area contributed by atoms with Crippen molar-refractivity contribution in [1.82, 2.24) is 15.2 Å². The Morgan fingerprint density at radius 2 is 2.08 bits per heavy atom. The average Bonchev–Trinajstić information content (AvgIpc) is 3.16. The summed E-state index contributed by atoms with van der Waals surface area (Å²) in [5, 5.41) is 7.37. The third-order valence-corrected chi connectivity index (χ3v) is 4.61. The number of amides is 2. The summed E-state index contributed by atoms with van der Waals surface area (Å²) in [5.74, 6) is -0.463. The number of carbonyl (C=O) groups is 2. The quantitative estimate of drug-likeness (QED) is 0.713. The van der Waals surface area contributed by atoms with E-state index in [1.54, 1.807) is 18.4 Å². The van der Waals surface area contributed by atoms with Crippen LogP contribution in [0.1, 0.15) is 26.6 Å². The first kappa shape index (κ1) is 18.2. The molecule has 0 saturated carbocycles. The lowest BCUT2D eigenvalue weighted by Gasteiger charge is -2.09. The van der Waals surface area contributed by atoms with E-state index in [9.17, 15) is 9.59 Å². The number of rotatable bonds is 8. The zero-order valence-corrected chi connectivity index (χ0v) is 15.0. The number of carbonyl (C=O) groups excluding carboxylic acids is 2. The van der Waals surface area contributed by atoms with Gasteiger partial charge in [-0.15, -0.1) is 11.3 Å². The molecule has 0 spiro atoms. The predicted molar refractivity (Wildman–Crippen MR) is 94.5 cm³/mol. The van der Waals surface area contributed by atoms with Crippen LogP contribution in [0.15, 0.2) is 23.6 Å². The Morgan fingerprint density at radius 3 is 2.75 bits per heavy atom. The van der Waals surface area contributed by atoms with Crippen molar-refractivity contribution in [2.75, 3.05) is 26.8 Å². The van der Waals surface area contributed by atoms with Gasteiger partial charge in [0.25, 0.3) is 5.91 Å². The number of aromatic nitrogens is 1. The van der Waals surface area contributed by atoms with Crippen molar-refractivity contribution in [3.05, 3.63) is 45.4 Å². The van der Waals surface area contributed by atoms with Crippen molar-refractivity contribution in [2.45, 2.75) is 20.4 Å². The normalized spacial score (nSPS) is 10.6. The van der Waals surface area contributed by atoms with Gasteiger partial charge in [0.15, 0.2) is 0 Å². The van der Waals surface area contributed by atoms with Crippen molar-refractivity contribution >= 4 is 23.2 Å². The van der Waals surface area contributed by atoms with Gasteiger partial charge in [-0.2, -0.15) is 0 Å². The lowest BCUT2D eigenvalue weighted by molar-refractivity contribution is -0.120. The third kappa shape index (κ3) is 4.69. The Labute approximate surface area is 145 Å². The lowest BCUT2D eigenvalue weighted by atomic mass is 10.2. The number of ether oxygens (including phenoxy) is 1. The third-order valence-electron chi connectivity index (χ3n) is 3.75. The summed E-state index contributed by atoms with van der Waals surface area (Å²) in [6.45, 7) is 5.49. The number of nitrogens with one attached hydrogen (secondary N) is 2. The summed E-state index contributed by atoms with van der Waals surface area (Å²) >= 11 is 1.69. The van der Waals surface area contributed by atoms with Crippen LogP contribution in [0.5, 0.6) is 0 Å². The predicted octanol–water partition coefficient (Wildman–Crippen LogP) is 1.71. The van der Waals surface area contributed by atoms with Crippen LogP contribution in [0.2, 0.25) is 0 Å². The average molecular weight is 349 g/mol. The van der Waals surface area contributed by atoms with Crippen molar-refractivity contribution in [3.8, 4) is 0 Å². The van der Waals surface area contributed by atoms with Crippen molar-refractivity contribution in [1.29, 1.82) is 0 Å². The molecule has 130 valence electrons. The van der Waals surface area contributed by atoms with Gasteiger partial charge in [-0.3, -0.25) is 9.59 Å². The maximum absolute atomic E-state index is 12.3. The van der Waals surface area contributed by atoms with Crippen LogP contribution >= 0.6 is 11.3 Å². The molecule has 2 aromatic rings. The number of hydrogen-bond acceptors (Lipinski definition) is 4. The Kier molecular flexibility index (Phi) is 6.57. The molecule has 0 aliphatic rings. The number of hydrogen-bond donors (Lipinski definition) is 2. The van der Waals surface area contributed by atoms with Crippen LogP contribution < -0.4 is 10.6 Å². The fourth-order valence-electron chi connectivity index (χ4n) is 2.44. The minimum Gasteiger partial charge on any atom is -0.383 e. The topological polar surface area (TPSA) is 72.4 Å². The van der Waals surface area contributed by atoms with E-state index in [1.807, 2.05) is 31.4 Å². The molecule has 0 atom stereocenters. The Morgan fingerprint density at radius 1 is 1.29 bits per heavy atom. The highest BCUT2D eigenvalue weighted by Crippen LogP contribution is 2.19. The zero-order chi connectivity index (χ0) is 17.5. The van der Waals surface area contributed by atoms with E-state index in [2.05, 4.69) is 21.3 Å². The first-order valence-corrected chi connectivity index (χ1v) is 8.63. The number of nitrogens with zero attached hydrogens (tertiary/aromatic N) is 1. The van der Waals surface area contributed by atoms with Crippen LogP contribution in [-0.2, 0) is 16.1 Å². The molecule has 2 rings (SSSR count). The SMILES string of the molecule is COCCNC(=O)CNC(=O)c1cc(C)n(Cc2cccs2)c1C. The van der Waals surface area contributed by atoms with Gasteiger partial charge in [0, 0.05) is 29.9 Å². The van der Waals surface area contributed by atoms with Gasteiger partial charge in [0.1, 0.15) is 0 Å². The molecule has 0 fully saturated rings. The highest BCUT2D eigenvalue weighted by Gasteiger charge is 2.16. The largest absolute Gasteiger partial charge is 0.383 e. The van der Waals surface area contributed by atoms with Gasteiger partial charge in [0.05, 0.1) is 25.3 Å². The second-order valence-electron chi connectivity index (χ2n) is 5.48. The molecule has 0 aliphatic carbocycles. The van der Waals surface area contributed by atoms with Gasteiger partial charge >= 0.3 is 0 Å². The second kappa shape index (κ2) is 8.65. The first-order chi connectivity index (χ1) is 11.5. The lowest BCUT2D eigenvalue weighted by Crippen LogP contribution is -2.38. The van der Waals surface area contributed by atoms with Crippen LogP contribution in [-0.4, -0.2) is 43.2 Å². The standard InChI is InChI=1S/C17H23N3O3S/c1-12-9-15(13(2)20(12)11-14-5-4-8-24-14)17(22)19-10-16(21)18-6-7-23-3/h4-5,8-9H,6-7,10-11H2,1-3H3,(H,18,21)(H,19,22). The van der Waals surface area contributed by atoms with Gasteiger partial charge in [0.2, 0.25) is 5.91 Å². The summed E-state index contributed by atoms with van der Waals surface area (Å²) in [4.78, 5) is 25.2. The minimum atomic E-state index is -0.234. The van der Waals surface area contributed by atoms with E-state index in [0.717, 1.165) is 17.9 Å². The maximum atomic E-state index is 12.3. The van der Waals surface area contributed by atoms with Crippen LogP contribution in [0.3, 0.4) is 0 Å². The molecular weight excluding hydrogens is 326 g/mol. The summed E-state index contributed by atoms with van der Waals surface area (Å²) in [7, 11) is 1.57. The van der Waals surface area contributed by atoms with Crippen molar-refractivity contribution in [3.63, 3.8) is 0 Å². The summed E-state index contributed by atoms with van der Waals surface area (Å²) in [6, 6.07) is 5.96. The van der Waals surface area contributed by atoms with E-state index in [0.29, 0.717) is 18.7 Å². The van der Waals surface area contributed by atoms with Gasteiger partial charge in [-0.05, 0) is 31.4 Å². The van der Waals surface area contributed by atoms with Gasteiger partial charge in [-0.25, -0.2) is 0 Å². The molecule has 0 unspecified atom stereocenters. The molecule has 0 aromatic carbocycles. The summed E-state index contributed by atoms with van der Waals surface area (Å²) < 4.78 is 6.97. The van der Waals surface area contributed by atoms with Crippen LogP contribution in [0, 0.1) is 13.8 Å². The Bertz CT molecular complexity index is 692. The van der Waals surface area contributed by atoms with E-state index >= 15 is 0 Å². The fourth-order valence-corrected chi connectivity index (χ4v) is 3.14. The first-order valence-electron chi connectivity index (χ1n) is 7.76. The van der Waals surface area contributed by atoms with Crippen LogP contribution in [0.25, 0.3) is 0 Å². The molecule has 2 heterocycles. The highest BCUT2D eigenvalue weighted by atomic mass is 32.1. The van der Waals surface area contributed by atoms with Gasteiger partial charge < -0.3 is 19.9 Å². The molecule has 0 saturated heterocycles. The molecular formula is C17H23N3O3S. The monoisotopic (exact) mass is 349 g/mol. The molecule has 0 bridgehead atoms. The summed E-state index contributed by atoms with van der Waals surface area (Å²) in [5.41, 5.74) is 2.53. The minimum absolute atomic E-state index is 0.0445. The zero-order valence-electron chi connectivity index (χ0n) is 14.2. The van der Waals surface area contributed by atoms with Gasteiger partial charge in [-0.1, -0.05) is 6.07 Å². The van der Waals surface area contributed by atoms with Crippen molar-refractivity contribution < 1.29 is 14.3 Å². The number of thiophene rings is 1. The molecule has 24 heavy (non-hydrogen) atoms. The number of methoxy groups -OCH3 is 1. The summed E-state index contributed by atoms with van der Waals surface area (Å²) in [6.07, 6.45) is 0. The van der Waals surface area contributed by atoms with E-state index in [-0.39, 0.29) is 18.4 Å². The second-order valence-corrected chi connectivity index (χ2v) is 6.51. The molecule has 7 heteroatoms. The molecule has 0 aliphatic heterocycles. The number of aryl methyl sites for hydroxylation is 1. The molecule has 6 nitrogen and oxygen atoms in total. The molecule has 2 aromatic heterocycles. The van der Waals surface area contributed by atoms with Crippen molar-refractivity contribution in [2.24, 2.45) is 0 Å². The van der Waals surface area contributed by atoms with E-state index in [4.69, 9.17) is 4.74 Å². The van der Waals surface area contributed by atoms with E-state index < -0.39 is 0 Å². The van der Waals surface area contributed by atoms with Crippen LogP contribution in [0.4, 0.5) is 0 Å². The van der Waals surface area contributed by atoms with E-state index in [1.165, 1.54) is 4.88 Å². The fraction of sp³-hybridized carbons (Fsp3) is 0.412. The highest BCUT2D eigenvalue weighted by molar-refractivity contribution is 7.09. The molecule has 2 N–H and O–H groups in total. The molecule has 0 radical (unpaired) electrons. The molecule has 2 amide bonds.